The summed E-state index contributed by atoms with van der Waals surface area (Å²) in [6.07, 6.45) is 4.48. The highest BCUT2D eigenvalue weighted by molar-refractivity contribution is 6.06. The summed E-state index contributed by atoms with van der Waals surface area (Å²) in [6, 6.07) is 6.09. The first-order valence-corrected chi connectivity index (χ1v) is 19.1. The van der Waals surface area contributed by atoms with E-state index in [2.05, 4.69) is 44.5 Å². The van der Waals surface area contributed by atoms with Gasteiger partial charge in [-0.25, -0.2) is 4.98 Å². The number of nitrogens with one attached hydrogen (secondary N) is 1. The molecule has 10 nitrogen and oxygen atoms in total. The summed E-state index contributed by atoms with van der Waals surface area (Å²) >= 11 is 0. The molecule has 1 N–H and O–H groups in total. The van der Waals surface area contributed by atoms with Crippen molar-refractivity contribution in [3.8, 4) is 16.9 Å². The fourth-order valence-electron chi connectivity index (χ4n) is 9.46. The first kappa shape index (κ1) is 34.4. The third-order valence-corrected chi connectivity index (χ3v) is 12.8. The topological polar surface area (TPSA) is 93.7 Å². The van der Waals surface area contributed by atoms with Gasteiger partial charge in [-0.15, -0.1) is 0 Å². The number of rotatable bonds is 8. The number of likely N-dealkylation sites (tertiary alicyclic amines) is 2. The number of amides is 1. The normalized spacial score (nSPS) is 21.3. The number of carbonyl (C=O) groups is 1. The van der Waals surface area contributed by atoms with Crippen molar-refractivity contribution in [2.75, 3.05) is 75.3 Å². The van der Waals surface area contributed by atoms with Gasteiger partial charge in [-0.1, -0.05) is 19.6 Å². The molecule has 1 saturated carbocycles. The maximum Gasteiger partial charge on any atom is 0.422 e. The first-order valence-electron chi connectivity index (χ1n) is 19.1. The average Bonchev–Trinajstić information content (AvgIpc) is 3.87. The zero-order valence-electron chi connectivity index (χ0n) is 30.6. The number of nitrogens with zero attached hydrogens (tertiary/aromatic N) is 7. The van der Waals surface area contributed by atoms with Crippen LogP contribution in [0.1, 0.15) is 62.5 Å². The molecule has 1 amide bonds. The van der Waals surface area contributed by atoms with Gasteiger partial charge in [-0.3, -0.25) is 9.89 Å². The fraction of sp³-hybridized carbons (Fsp3) is 0.550. The minimum atomic E-state index is -4.55. The Morgan fingerprint density at radius 2 is 1.68 bits per heavy atom. The number of ether oxygens (including phenoxy) is 1. The third kappa shape index (κ3) is 6.08. The summed E-state index contributed by atoms with van der Waals surface area (Å²) in [5.41, 5.74) is 4.90. The molecule has 0 unspecified atom stereocenters. The van der Waals surface area contributed by atoms with Gasteiger partial charge in [0.25, 0.3) is 0 Å². The number of hydrogen-bond acceptors (Lipinski definition) is 8. The highest BCUT2D eigenvalue weighted by atomic mass is 19.4. The van der Waals surface area contributed by atoms with Crippen LogP contribution in [-0.4, -0.2) is 108 Å². The maximum absolute atomic E-state index is 14.1. The maximum atomic E-state index is 14.1. The van der Waals surface area contributed by atoms with Crippen molar-refractivity contribution in [2.45, 2.75) is 64.5 Å². The van der Waals surface area contributed by atoms with Crippen LogP contribution in [0.5, 0.6) is 5.75 Å². The van der Waals surface area contributed by atoms with Crippen molar-refractivity contribution in [2.24, 2.45) is 10.8 Å². The zero-order valence-corrected chi connectivity index (χ0v) is 30.6. The van der Waals surface area contributed by atoms with Crippen molar-refractivity contribution < 1.29 is 22.7 Å². The van der Waals surface area contributed by atoms with E-state index < -0.39 is 12.8 Å². The van der Waals surface area contributed by atoms with Gasteiger partial charge in [-0.2, -0.15) is 23.3 Å². The molecular formula is C40H47F3N8O2. The van der Waals surface area contributed by atoms with Crippen LogP contribution in [0.25, 0.3) is 32.9 Å². The average molecular weight is 729 g/mol. The number of piperidine rings is 2. The molecule has 0 radical (unpaired) electrons. The number of H-pyrrole nitrogens is 1. The molecule has 1 aliphatic carbocycles. The second kappa shape index (κ2) is 12.6. The number of aryl methyl sites for hydroxylation is 1. The molecule has 4 aromatic rings. The number of benzene rings is 2. The van der Waals surface area contributed by atoms with Crippen molar-refractivity contribution in [3.63, 3.8) is 0 Å². The molecule has 2 aromatic heterocycles. The summed E-state index contributed by atoms with van der Waals surface area (Å²) in [6.45, 7) is 14.2. The van der Waals surface area contributed by atoms with Gasteiger partial charge >= 0.3 is 6.18 Å². The Morgan fingerprint density at radius 1 is 0.981 bits per heavy atom. The van der Waals surface area contributed by atoms with E-state index in [0.717, 1.165) is 136 Å². The largest absolute Gasteiger partial charge is 0.481 e. The van der Waals surface area contributed by atoms with Crippen LogP contribution >= 0.6 is 0 Å². The van der Waals surface area contributed by atoms with Crippen LogP contribution < -0.4 is 14.5 Å². The van der Waals surface area contributed by atoms with E-state index in [-0.39, 0.29) is 28.4 Å². The third-order valence-electron chi connectivity index (χ3n) is 12.8. The summed E-state index contributed by atoms with van der Waals surface area (Å²) in [7, 11) is 0. The predicted octanol–water partition coefficient (Wildman–Crippen LogP) is 6.84. The van der Waals surface area contributed by atoms with E-state index in [0.29, 0.717) is 17.0 Å². The molecule has 2 spiro atoms. The van der Waals surface area contributed by atoms with Crippen LogP contribution in [0.4, 0.5) is 24.9 Å². The fourth-order valence-corrected chi connectivity index (χ4v) is 9.46. The summed E-state index contributed by atoms with van der Waals surface area (Å²) in [5.74, 6) is 1.62. The molecule has 4 saturated heterocycles. The van der Waals surface area contributed by atoms with Gasteiger partial charge in [0.1, 0.15) is 11.3 Å². The minimum absolute atomic E-state index is 0.0340. The van der Waals surface area contributed by atoms with Gasteiger partial charge < -0.3 is 24.3 Å². The molecule has 9 rings (SSSR count). The van der Waals surface area contributed by atoms with Gasteiger partial charge in [0.2, 0.25) is 11.9 Å². The number of fused-ring (bicyclic) bond motifs is 2. The van der Waals surface area contributed by atoms with Crippen LogP contribution in [0.15, 0.2) is 37.1 Å². The Kier molecular flexibility index (Phi) is 8.17. The van der Waals surface area contributed by atoms with Crippen molar-refractivity contribution >= 4 is 39.5 Å². The highest BCUT2D eigenvalue weighted by Crippen LogP contribution is 2.54. The number of carbonyl (C=O) groups excluding carboxylic acids is 1. The van der Waals surface area contributed by atoms with Crippen molar-refractivity contribution in [1.82, 2.24) is 30.0 Å². The predicted molar refractivity (Wildman–Crippen MR) is 200 cm³/mol. The Hall–Kier alpha value is -4.39. The number of aromatic nitrogens is 4. The number of hydrogen-bond donors (Lipinski definition) is 1. The molecule has 6 heterocycles. The van der Waals surface area contributed by atoms with Crippen LogP contribution in [-0.2, 0) is 4.79 Å². The molecule has 53 heavy (non-hydrogen) atoms. The van der Waals surface area contributed by atoms with E-state index in [4.69, 9.17) is 14.7 Å². The molecule has 4 aliphatic heterocycles. The molecular weight excluding hydrogens is 681 g/mol. The highest BCUT2D eigenvalue weighted by Gasteiger charge is 2.48. The summed E-state index contributed by atoms with van der Waals surface area (Å²) in [5, 5.41) is 8.93. The molecule has 13 heteroatoms. The van der Waals surface area contributed by atoms with Gasteiger partial charge in [-0.05, 0) is 106 Å². The zero-order chi connectivity index (χ0) is 36.7. The first-order chi connectivity index (χ1) is 25.5. The summed E-state index contributed by atoms with van der Waals surface area (Å²) in [4.78, 5) is 31.6. The molecule has 5 fully saturated rings. The van der Waals surface area contributed by atoms with Crippen LogP contribution in [0, 0.1) is 17.8 Å². The second-order valence-corrected chi connectivity index (χ2v) is 16.4. The SMILES string of the molecule is C=CC(=O)N1CC2(CCN(c3nc(N4CC5(CCN(CC)CC5)C4)nc4c(OCC(F)(F)F)c(-c5c(C)ccc6[nH]ncc56)c(C5CC5)cc34)CC2)C1. The van der Waals surface area contributed by atoms with E-state index in [1.54, 1.807) is 6.20 Å². The molecule has 0 bridgehead atoms. The Morgan fingerprint density at radius 3 is 2.34 bits per heavy atom. The second-order valence-electron chi connectivity index (χ2n) is 16.4. The molecule has 2 aromatic carbocycles. The lowest BCUT2D eigenvalue weighted by atomic mass is 9.72. The Labute approximate surface area is 307 Å². The smallest absolute Gasteiger partial charge is 0.422 e. The monoisotopic (exact) mass is 728 g/mol. The minimum Gasteiger partial charge on any atom is -0.481 e. The van der Waals surface area contributed by atoms with E-state index in [1.807, 2.05) is 24.0 Å². The summed E-state index contributed by atoms with van der Waals surface area (Å²) < 4.78 is 48.3. The van der Waals surface area contributed by atoms with E-state index in [1.165, 1.54) is 6.08 Å². The Balaban J connectivity index is 1.18. The van der Waals surface area contributed by atoms with E-state index in [9.17, 15) is 18.0 Å². The molecule has 5 aliphatic rings. The lowest BCUT2D eigenvalue weighted by Crippen LogP contribution is -2.62. The van der Waals surface area contributed by atoms with E-state index >= 15 is 0 Å². The number of aromatic amines is 1. The lowest BCUT2D eigenvalue weighted by molar-refractivity contribution is -0.153. The van der Waals surface area contributed by atoms with Crippen LogP contribution in [0.2, 0.25) is 0 Å². The van der Waals surface area contributed by atoms with Gasteiger partial charge in [0, 0.05) is 66.4 Å². The van der Waals surface area contributed by atoms with Crippen LogP contribution in [0.3, 0.4) is 0 Å². The number of halogens is 3. The van der Waals surface area contributed by atoms with Gasteiger partial charge in [0.15, 0.2) is 12.4 Å². The van der Waals surface area contributed by atoms with Crippen molar-refractivity contribution in [3.05, 3.63) is 48.2 Å². The molecule has 0 atom stereocenters. The number of alkyl halides is 3. The number of anilines is 2. The Bertz CT molecular complexity index is 2080. The lowest BCUT2D eigenvalue weighted by Gasteiger charge is -2.54. The van der Waals surface area contributed by atoms with Crippen molar-refractivity contribution in [1.29, 1.82) is 0 Å². The van der Waals surface area contributed by atoms with Gasteiger partial charge in [0.05, 0.1) is 11.7 Å². The quantitative estimate of drug-likeness (QED) is 0.197. The molecule has 280 valence electrons. The standard InChI is InChI=1S/C40H47F3N8O2/c1-4-31(52)50-20-39(21-50)12-16-49(17-13-39)36-28-18-27(26-7-8-26)33(32-25(3)6-9-30-29(32)19-44-47-30)35(53-24-40(41,42)43)34(28)45-37(46-36)51-22-38(23-51)10-14-48(5-2)15-11-38/h4,6,9,18-19,26H,1,5,7-8,10-17,20-24H2,2-3H3,(H,44,47).